The van der Waals surface area contributed by atoms with E-state index in [1.54, 1.807) is 6.92 Å². The summed E-state index contributed by atoms with van der Waals surface area (Å²) in [4.78, 5) is 34.7. The molecule has 1 saturated heterocycles. The molecule has 1 saturated carbocycles. The Hall–Kier alpha value is -3.01. The van der Waals surface area contributed by atoms with Gasteiger partial charge in [-0.3, -0.25) is 9.59 Å². The van der Waals surface area contributed by atoms with Crippen molar-refractivity contribution in [2.45, 2.75) is 82.3 Å². The minimum absolute atomic E-state index is 0.243. The molecule has 1 aliphatic heterocycles. The van der Waals surface area contributed by atoms with E-state index in [2.05, 4.69) is 15.3 Å². The first-order valence-electron chi connectivity index (χ1n) is 12.2. The summed E-state index contributed by atoms with van der Waals surface area (Å²) < 4.78 is 95.2. The number of carbonyl (C=O) groups is 2. The van der Waals surface area contributed by atoms with Gasteiger partial charge in [-0.15, -0.1) is 11.3 Å². The lowest BCUT2D eigenvalue weighted by atomic mass is 9.77. The van der Waals surface area contributed by atoms with Gasteiger partial charge in [-0.05, 0) is 39.7 Å². The predicted molar refractivity (Wildman–Crippen MR) is 131 cm³/mol. The van der Waals surface area contributed by atoms with Crippen LogP contribution in [0.2, 0.25) is 0 Å². The third-order valence-corrected chi connectivity index (χ3v) is 7.88. The molecule has 2 amide bonds. The molecule has 3 N–H and O–H groups in total. The Balaban J connectivity index is 1.74. The van der Waals surface area contributed by atoms with Crippen molar-refractivity contribution in [3.05, 3.63) is 28.5 Å². The average molecular weight is 598 g/mol. The van der Waals surface area contributed by atoms with Crippen molar-refractivity contribution >= 4 is 29.0 Å². The molecular formula is C24H26F7N5O3S. The van der Waals surface area contributed by atoms with E-state index in [0.29, 0.717) is 17.4 Å². The molecule has 40 heavy (non-hydrogen) atoms. The Morgan fingerprint density at radius 3 is 2.40 bits per heavy atom. The molecule has 2 aliphatic rings. The second-order valence-corrected chi connectivity index (χ2v) is 11.5. The molecular weight excluding hydrogens is 571 g/mol. The zero-order valence-electron chi connectivity index (χ0n) is 21.5. The number of aliphatic hydroxyl groups is 1. The Bertz CT molecular complexity index is 1290. The topological polar surface area (TPSA) is 107 Å². The largest absolute Gasteiger partial charge is 0.408 e. The molecule has 0 unspecified atom stereocenters. The van der Waals surface area contributed by atoms with Gasteiger partial charge in [-0.2, -0.15) is 13.2 Å². The van der Waals surface area contributed by atoms with Crippen LogP contribution in [0.15, 0.2) is 12.3 Å². The molecule has 2 aromatic rings. The maximum absolute atomic E-state index is 14.1. The number of aromatic nitrogens is 2. The van der Waals surface area contributed by atoms with Gasteiger partial charge in [0.25, 0.3) is 24.2 Å². The number of amides is 2. The van der Waals surface area contributed by atoms with Gasteiger partial charge in [-0.25, -0.2) is 27.5 Å². The van der Waals surface area contributed by atoms with Crippen molar-refractivity contribution in [1.29, 1.82) is 0 Å². The fourth-order valence-electron chi connectivity index (χ4n) is 4.74. The van der Waals surface area contributed by atoms with E-state index in [9.17, 15) is 45.4 Å². The van der Waals surface area contributed by atoms with Crippen LogP contribution in [0.5, 0.6) is 0 Å². The molecule has 2 aromatic heterocycles. The number of nitrogens with zero attached hydrogens (tertiary/aromatic N) is 3. The quantitative estimate of drug-likeness (QED) is 0.387. The number of hydrogen-bond acceptors (Lipinski definition) is 7. The van der Waals surface area contributed by atoms with E-state index in [4.69, 9.17) is 0 Å². The molecule has 0 aromatic carbocycles. The van der Waals surface area contributed by atoms with Gasteiger partial charge in [0.05, 0.1) is 17.0 Å². The van der Waals surface area contributed by atoms with Crippen molar-refractivity contribution in [2.75, 3.05) is 11.9 Å². The lowest BCUT2D eigenvalue weighted by Crippen LogP contribution is -2.53. The summed E-state index contributed by atoms with van der Waals surface area (Å²) in [5.41, 5.74) is -2.69. The van der Waals surface area contributed by atoms with Gasteiger partial charge < -0.3 is 20.6 Å². The summed E-state index contributed by atoms with van der Waals surface area (Å²) in [5.74, 6) is -5.49. The maximum atomic E-state index is 14.1. The standard InChI is InChI=1S/C24H26F7N5O3S/c1-10-5-23(27,28)9-36(10)21(38)16-17(40-20(35-16)19(37)34-12-6-22(3,39)7-12)14-8-32-15(4-13(14)18(25)26)33-11(2)24(29,30)31/h4,8,10-12,18,39H,5-7,9H2,1-3H3,(H,32,33)(H,34,37)/t10-,11-,12?,22?/m0/s1. The highest BCUT2D eigenvalue weighted by molar-refractivity contribution is 7.17. The smallest absolute Gasteiger partial charge is 0.390 e. The minimum Gasteiger partial charge on any atom is -0.390 e. The Kier molecular flexibility index (Phi) is 7.81. The van der Waals surface area contributed by atoms with Crippen LogP contribution in [-0.4, -0.2) is 74.2 Å². The van der Waals surface area contributed by atoms with Gasteiger partial charge in [-0.1, -0.05) is 0 Å². The first-order chi connectivity index (χ1) is 18.4. The van der Waals surface area contributed by atoms with Crippen LogP contribution >= 0.6 is 11.3 Å². The molecule has 220 valence electrons. The SMILES string of the molecule is C[C@H](Nc1cc(C(F)F)c(-c2sc(C(=O)NC3CC(C)(O)C3)nc2C(=O)N2CC(F)(F)C[C@@H]2C)cn1)C(F)(F)F. The molecule has 2 atom stereocenters. The Morgan fingerprint density at radius 1 is 1.23 bits per heavy atom. The highest BCUT2D eigenvalue weighted by Gasteiger charge is 2.46. The van der Waals surface area contributed by atoms with Crippen molar-refractivity contribution in [3.8, 4) is 10.4 Å². The number of anilines is 1. The molecule has 0 radical (unpaired) electrons. The summed E-state index contributed by atoms with van der Waals surface area (Å²) >= 11 is 0.547. The van der Waals surface area contributed by atoms with Crippen LogP contribution in [0, 0.1) is 0 Å². The van der Waals surface area contributed by atoms with Crippen LogP contribution in [0.25, 0.3) is 10.4 Å². The fraction of sp³-hybridized carbons (Fsp3) is 0.583. The number of hydrogen-bond donors (Lipinski definition) is 3. The molecule has 4 rings (SSSR count). The Morgan fingerprint density at radius 2 is 1.88 bits per heavy atom. The zero-order valence-corrected chi connectivity index (χ0v) is 22.3. The summed E-state index contributed by atoms with van der Waals surface area (Å²) in [6.07, 6.45) is -7.25. The number of halogens is 7. The number of thiazole rings is 1. The maximum Gasteiger partial charge on any atom is 0.408 e. The third kappa shape index (κ3) is 6.32. The van der Waals surface area contributed by atoms with E-state index in [0.717, 1.165) is 18.0 Å². The number of rotatable bonds is 7. The summed E-state index contributed by atoms with van der Waals surface area (Å²) in [5, 5.41) is 14.2. The van der Waals surface area contributed by atoms with E-state index >= 15 is 0 Å². The number of alkyl halides is 7. The van der Waals surface area contributed by atoms with Gasteiger partial charge in [0.2, 0.25) is 0 Å². The highest BCUT2D eigenvalue weighted by Crippen LogP contribution is 2.40. The van der Waals surface area contributed by atoms with Crippen molar-refractivity contribution < 1.29 is 45.4 Å². The molecule has 2 fully saturated rings. The summed E-state index contributed by atoms with van der Waals surface area (Å²) in [6.45, 7) is 2.79. The van der Waals surface area contributed by atoms with Crippen molar-refractivity contribution in [2.24, 2.45) is 0 Å². The molecule has 0 bridgehead atoms. The first kappa shape index (κ1) is 30.0. The van der Waals surface area contributed by atoms with E-state index in [-0.39, 0.29) is 28.3 Å². The lowest BCUT2D eigenvalue weighted by molar-refractivity contribution is -0.138. The van der Waals surface area contributed by atoms with Crippen LogP contribution < -0.4 is 10.6 Å². The molecule has 16 heteroatoms. The summed E-state index contributed by atoms with van der Waals surface area (Å²) in [7, 11) is 0. The van der Waals surface area contributed by atoms with Gasteiger partial charge in [0.1, 0.15) is 17.6 Å². The van der Waals surface area contributed by atoms with Gasteiger partial charge in [0, 0.05) is 35.8 Å². The van der Waals surface area contributed by atoms with Crippen LogP contribution in [-0.2, 0) is 0 Å². The molecule has 1 aliphatic carbocycles. The van der Waals surface area contributed by atoms with Gasteiger partial charge >= 0.3 is 6.18 Å². The highest BCUT2D eigenvalue weighted by atomic mass is 32.1. The average Bonchev–Trinajstić information content (AvgIpc) is 3.36. The second-order valence-electron chi connectivity index (χ2n) is 10.5. The third-order valence-electron chi connectivity index (χ3n) is 6.79. The summed E-state index contributed by atoms with van der Waals surface area (Å²) in [6, 6.07) is -2.75. The second kappa shape index (κ2) is 10.4. The van der Waals surface area contributed by atoms with Gasteiger partial charge in [0.15, 0.2) is 5.01 Å². The zero-order chi connectivity index (χ0) is 29.8. The number of nitrogens with one attached hydrogen (secondary N) is 2. The fourth-order valence-corrected chi connectivity index (χ4v) is 5.73. The molecule has 8 nitrogen and oxygen atoms in total. The van der Waals surface area contributed by atoms with Crippen LogP contribution in [0.4, 0.5) is 36.6 Å². The minimum atomic E-state index is -4.69. The van der Waals surface area contributed by atoms with Crippen molar-refractivity contribution in [3.63, 3.8) is 0 Å². The molecule has 3 heterocycles. The number of pyridine rings is 1. The normalized spacial score (nSPS) is 25.1. The van der Waals surface area contributed by atoms with Crippen molar-refractivity contribution in [1.82, 2.24) is 20.2 Å². The lowest BCUT2D eigenvalue weighted by Gasteiger charge is -2.40. The van der Waals surface area contributed by atoms with E-state index in [1.807, 2.05) is 5.32 Å². The first-order valence-corrected chi connectivity index (χ1v) is 13.0. The van der Waals surface area contributed by atoms with Crippen LogP contribution in [0.3, 0.4) is 0 Å². The Labute approximate surface area is 228 Å². The number of carbonyl (C=O) groups excluding carboxylic acids is 2. The molecule has 0 spiro atoms. The monoisotopic (exact) mass is 597 g/mol. The predicted octanol–water partition coefficient (Wildman–Crippen LogP) is 5.02. The van der Waals surface area contributed by atoms with Crippen LogP contribution in [0.1, 0.15) is 72.3 Å². The van der Waals surface area contributed by atoms with E-state index < -0.39 is 84.1 Å². The van der Waals surface area contributed by atoms with E-state index in [1.165, 1.54) is 6.92 Å². The number of likely N-dealkylation sites (tertiary alicyclic amines) is 1.